The van der Waals surface area contributed by atoms with Gasteiger partial charge in [0.2, 0.25) is 11.6 Å². The topological polar surface area (TPSA) is 137 Å². The largest absolute Gasteiger partial charge is 0.465 e. The van der Waals surface area contributed by atoms with Gasteiger partial charge < -0.3 is 19.7 Å². The van der Waals surface area contributed by atoms with Crippen molar-refractivity contribution in [2.45, 2.75) is 19.8 Å². The van der Waals surface area contributed by atoms with Crippen molar-refractivity contribution in [1.29, 1.82) is 0 Å². The molecule has 164 valence electrons. The lowest BCUT2D eigenvalue weighted by molar-refractivity contribution is -0.383. The molecule has 1 atom stereocenters. The zero-order chi connectivity index (χ0) is 22.5. The standard InChI is InChI=1S/C20H23N5O6/c1-12-5-4-6-24(10-12)18-16(25(28)29)17(21-11-22-18)23-15-8-13(19(26)30-2)7-14(9-15)20(27)31-3/h7-9,11-12H,4-6,10H2,1-3H3,(H,21,22,23). The van der Waals surface area contributed by atoms with E-state index in [9.17, 15) is 19.7 Å². The molecule has 11 nitrogen and oxygen atoms in total. The lowest BCUT2D eigenvalue weighted by Gasteiger charge is -2.31. The van der Waals surface area contributed by atoms with Gasteiger partial charge >= 0.3 is 17.6 Å². The van der Waals surface area contributed by atoms with E-state index < -0.39 is 16.9 Å². The van der Waals surface area contributed by atoms with Crippen LogP contribution < -0.4 is 10.2 Å². The maximum Gasteiger partial charge on any atom is 0.353 e. The fourth-order valence-electron chi connectivity index (χ4n) is 3.55. The van der Waals surface area contributed by atoms with Crippen molar-refractivity contribution in [1.82, 2.24) is 9.97 Å². The van der Waals surface area contributed by atoms with Gasteiger partial charge in [0.15, 0.2) is 0 Å². The van der Waals surface area contributed by atoms with Crippen LogP contribution in [0.2, 0.25) is 0 Å². The van der Waals surface area contributed by atoms with Crippen LogP contribution in [0.5, 0.6) is 0 Å². The molecule has 1 unspecified atom stereocenters. The molecule has 0 spiro atoms. The van der Waals surface area contributed by atoms with Crippen molar-refractivity contribution >= 4 is 34.9 Å². The Labute approximate surface area is 178 Å². The van der Waals surface area contributed by atoms with Crippen LogP contribution in [-0.2, 0) is 9.47 Å². The average Bonchev–Trinajstić information content (AvgIpc) is 2.77. The minimum Gasteiger partial charge on any atom is -0.465 e. The normalized spacial score (nSPS) is 15.8. The first-order valence-corrected chi connectivity index (χ1v) is 9.67. The number of nitro groups is 1. The summed E-state index contributed by atoms with van der Waals surface area (Å²) in [4.78, 5) is 45.5. The van der Waals surface area contributed by atoms with Gasteiger partial charge in [-0.15, -0.1) is 0 Å². The maximum atomic E-state index is 12.0. The highest BCUT2D eigenvalue weighted by Crippen LogP contribution is 2.35. The second-order valence-electron chi connectivity index (χ2n) is 7.25. The van der Waals surface area contributed by atoms with Crippen LogP contribution in [0.25, 0.3) is 0 Å². The van der Waals surface area contributed by atoms with Crippen molar-refractivity contribution in [3.05, 3.63) is 45.8 Å². The van der Waals surface area contributed by atoms with Gasteiger partial charge in [0.05, 0.1) is 30.3 Å². The molecule has 1 saturated heterocycles. The number of esters is 2. The first-order valence-electron chi connectivity index (χ1n) is 9.67. The van der Waals surface area contributed by atoms with E-state index in [2.05, 4.69) is 22.2 Å². The Kier molecular flexibility index (Phi) is 6.63. The third kappa shape index (κ3) is 4.87. The highest BCUT2D eigenvalue weighted by atomic mass is 16.6. The van der Waals surface area contributed by atoms with Crippen molar-refractivity contribution < 1.29 is 24.0 Å². The number of methoxy groups -OCH3 is 2. The van der Waals surface area contributed by atoms with E-state index in [1.54, 1.807) is 0 Å². The Morgan fingerprint density at radius 1 is 1.16 bits per heavy atom. The number of anilines is 3. The highest BCUT2D eigenvalue weighted by Gasteiger charge is 2.29. The number of nitrogens with one attached hydrogen (secondary N) is 1. The predicted octanol–water partition coefficient (Wildman–Crippen LogP) is 2.94. The first-order chi connectivity index (χ1) is 14.8. The van der Waals surface area contributed by atoms with Crippen LogP contribution in [0.4, 0.5) is 23.0 Å². The van der Waals surface area contributed by atoms with E-state index in [-0.39, 0.29) is 34.1 Å². The fraction of sp³-hybridized carbons (Fsp3) is 0.400. The molecule has 1 aliphatic rings. The fourth-order valence-corrected chi connectivity index (χ4v) is 3.55. The summed E-state index contributed by atoms with van der Waals surface area (Å²) < 4.78 is 9.44. The molecule has 1 N–H and O–H groups in total. The monoisotopic (exact) mass is 429 g/mol. The number of carbonyl (C=O) groups is 2. The third-order valence-corrected chi connectivity index (χ3v) is 4.98. The summed E-state index contributed by atoms with van der Waals surface area (Å²) in [5, 5.41) is 14.8. The SMILES string of the molecule is COC(=O)c1cc(Nc2ncnc(N3CCCC(C)C3)c2[N+](=O)[O-])cc(C(=O)OC)c1. The van der Waals surface area contributed by atoms with Crippen LogP contribution in [0.15, 0.2) is 24.5 Å². The van der Waals surface area contributed by atoms with Crippen LogP contribution >= 0.6 is 0 Å². The quantitative estimate of drug-likeness (QED) is 0.414. The number of carbonyl (C=O) groups excluding carboxylic acids is 2. The Morgan fingerprint density at radius 2 is 1.81 bits per heavy atom. The number of benzene rings is 1. The number of nitrogens with zero attached hydrogens (tertiary/aromatic N) is 4. The molecule has 1 fully saturated rings. The number of aromatic nitrogens is 2. The lowest BCUT2D eigenvalue weighted by Crippen LogP contribution is -2.35. The molecule has 0 bridgehead atoms. The molecule has 1 aliphatic heterocycles. The summed E-state index contributed by atoms with van der Waals surface area (Å²) in [7, 11) is 2.42. The minimum absolute atomic E-state index is 0.0499. The number of hydrogen-bond acceptors (Lipinski definition) is 10. The second-order valence-corrected chi connectivity index (χ2v) is 7.25. The number of hydrogen-bond donors (Lipinski definition) is 1. The number of piperidine rings is 1. The predicted molar refractivity (Wildman–Crippen MR) is 112 cm³/mol. The van der Waals surface area contributed by atoms with E-state index >= 15 is 0 Å². The van der Waals surface area contributed by atoms with E-state index in [1.165, 1.54) is 38.7 Å². The smallest absolute Gasteiger partial charge is 0.353 e. The number of ether oxygens (including phenoxy) is 2. The lowest BCUT2D eigenvalue weighted by atomic mass is 10.0. The Bertz CT molecular complexity index is 977. The highest BCUT2D eigenvalue weighted by molar-refractivity contribution is 5.97. The summed E-state index contributed by atoms with van der Waals surface area (Å²) in [5.41, 5.74) is 0.118. The Morgan fingerprint density at radius 3 is 2.35 bits per heavy atom. The summed E-state index contributed by atoms with van der Waals surface area (Å²) in [6.07, 6.45) is 3.21. The van der Waals surface area contributed by atoms with Gasteiger partial charge in [-0.2, -0.15) is 0 Å². The van der Waals surface area contributed by atoms with E-state index in [0.29, 0.717) is 19.0 Å². The van der Waals surface area contributed by atoms with Crippen molar-refractivity contribution in [3.63, 3.8) is 0 Å². The van der Waals surface area contributed by atoms with Gasteiger partial charge in [0.1, 0.15) is 6.33 Å². The molecule has 0 saturated carbocycles. The molecule has 2 aromatic rings. The number of rotatable bonds is 6. The molecule has 2 heterocycles. The van der Waals surface area contributed by atoms with Crippen molar-refractivity contribution in [3.8, 4) is 0 Å². The van der Waals surface area contributed by atoms with Crippen molar-refractivity contribution in [2.75, 3.05) is 37.5 Å². The summed E-state index contributed by atoms with van der Waals surface area (Å²) >= 11 is 0. The second kappa shape index (κ2) is 9.37. The molecule has 3 rings (SSSR count). The van der Waals surface area contributed by atoms with Gasteiger partial charge in [0, 0.05) is 18.8 Å². The zero-order valence-electron chi connectivity index (χ0n) is 17.5. The van der Waals surface area contributed by atoms with Crippen LogP contribution in [0, 0.1) is 16.0 Å². The maximum absolute atomic E-state index is 12.0. The van der Waals surface area contributed by atoms with Gasteiger partial charge in [-0.1, -0.05) is 6.92 Å². The summed E-state index contributed by atoms with van der Waals surface area (Å²) in [6, 6.07) is 4.14. The molecule has 1 aromatic heterocycles. The molecular weight excluding hydrogens is 406 g/mol. The van der Waals surface area contributed by atoms with E-state index in [1.807, 2.05) is 4.90 Å². The van der Waals surface area contributed by atoms with Gasteiger partial charge in [0.25, 0.3) is 0 Å². The Hall–Kier alpha value is -3.76. The van der Waals surface area contributed by atoms with Gasteiger partial charge in [-0.05, 0) is 37.0 Å². The summed E-state index contributed by atoms with van der Waals surface area (Å²) in [5.74, 6) is -0.778. The average molecular weight is 429 g/mol. The van der Waals surface area contributed by atoms with Crippen LogP contribution in [0.3, 0.4) is 0 Å². The minimum atomic E-state index is -0.672. The zero-order valence-corrected chi connectivity index (χ0v) is 17.5. The summed E-state index contributed by atoms with van der Waals surface area (Å²) in [6.45, 7) is 3.40. The molecule has 0 radical (unpaired) electrons. The van der Waals surface area contributed by atoms with Gasteiger partial charge in [-0.3, -0.25) is 10.1 Å². The van der Waals surface area contributed by atoms with Crippen molar-refractivity contribution in [2.24, 2.45) is 5.92 Å². The molecule has 11 heteroatoms. The third-order valence-electron chi connectivity index (χ3n) is 4.98. The Balaban J connectivity index is 2.04. The van der Waals surface area contributed by atoms with E-state index in [4.69, 9.17) is 9.47 Å². The van der Waals surface area contributed by atoms with Crippen LogP contribution in [-0.4, -0.2) is 54.1 Å². The first kappa shape index (κ1) is 21.9. The molecule has 31 heavy (non-hydrogen) atoms. The molecule has 0 amide bonds. The molecule has 0 aliphatic carbocycles. The van der Waals surface area contributed by atoms with Crippen LogP contribution in [0.1, 0.15) is 40.5 Å². The van der Waals surface area contributed by atoms with E-state index in [0.717, 1.165) is 12.8 Å². The molecule has 1 aromatic carbocycles. The van der Waals surface area contributed by atoms with Gasteiger partial charge in [-0.25, -0.2) is 19.6 Å². The molecular formula is C20H23N5O6.